The van der Waals surface area contributed by atoms with Crippen LogP contribution in [0.15, 0.2) is 42.5 Å². The van der Waals surface area contributed by atoms with Crippen LogP contribution in [0.2, 0.25) is 0 Å². The molecule has 0 amide bonds. The molecule has 0 saturated carbocycles. The summed E-state index contributed by atoms with van der Waals surface area (Å²) in [4.78, 5) is 16.0. The SMILES string of the molecule is Cc1cccc(OC(=O)c2ccccc2C)n1. The maximum atomic E-state index is 11.9. The smallest absolute Gasteiger partial charge is 0.345 e. The van der Waals surface area contributed by atoms with E-state index in [0.717, 1.165) is 11.3 Å². The van der Waals surface area contributed by atoms with Crippen molar-refractivity contribution >= 4 is 5.97 Å². The third-order valence-electron chi connectivity index (χ3n) is 2.43. The number of ether oxygens (including phenoxy) is 1. The molecule has 1 heterocycles. The minimum atomic E-state index is -0.374. The normalized spacial score (nSPS) is 10.0. The van der Waals surface area contributed by atoms with Gasteiger partial charge in [0.2, 0.25) is 5.88 Å². The van der Waals surface area contributed by atoms with Crippen molar-refractivity contribution in [1.29, 1.82) is 0 Å². The number of carbonyl (C=O) groups excluding carboxylic acids is 1. The molecule has 3 nitrogen and oxygen atoms in total. The first-order valence-electron chi connectivity index (χ1n) is 5.38. The zero-order valence-corrected chi connectivity index (χ0v) is 9.81. The molecule has 1 aromatic carbocycles. The van der Waals surface area contributed by atoms with Gasteiger partial charge in [0.15, 0.2) is 0 Å². The third-order valence-corrected chi connectivity index (χ3v) is 2.43. The Morgan fingerprint density at radius 3 is 2.53 bits per heavy atom. The Morgan fingerprint density at radius 1 is 1.06 bits per heavy atom. The van der Waals surface area contributed by atoms with Crippen LogP contribution in [-0.4, -0.2) is 11.0 Å². The fourth-order valence-electron chi connectivity index (χ4n) is 1.53. The van der Waals surface area contributed by atoms with Gasteiger partial charge in [0, 0.05) is 11.8 Å². The summed E-state index contributed by atoms with van der Waals surface area (Å²) in [6, 6.07) is 12.6. The Labute approximate surface area is 100 Å². The molecule has 0 aliphatic heterocycles. The minimum absolute atomic E-state index is 0.332. The van der Waals surface area contributed by atoms with Crippen molar-refractivity contribution in [2.24, 2.45) is 0 Å². The predicted molar refractivity (Wildman–Crippen MR) is 65.1 cm³/mol. The van der Waals surface area contributed by atoms with Crippen LogP contribution in [-0.2, 0) is 0 Å². The lowest BCUT2D eigenvalue weighted by molar-refractivity contribution is 0.0726. The second kappa shape index (κ2) is 4.78. The van der Waals surface area contributed by atoms with Gasteiger partial charge in [-0.05, 0) is 31.5 Å². The number of aromatic nitrogens is 1. The molecule has 17 heavy (non-hydrogen) atoms. The van der Waals surface area contributed by atoms with Crippen molar-refractivity contribution in [1.82, 2.24) is 4.98 Å². The van der Waals surface area contributed by atoms with Crippen LogP contribution in [0.3, 0.4) is 0 Å². The summed E-state index contributed by atoms with van der Waals surface area (Å²) in [6.07, 6.45) is 0. The number of hydrogen-bond donors (Lipinski definition) is 0. The lowest BCUT2D eigenvalue weighted by Crippen LogP contribution is -2.11. The molecule has 0 aliphatic rings. The average Bonchev–Trinajstić information content (AvgIpc) is 2.29. The topological polar surface area (TPSA) is 39.2 Å². The Kier molecular flexibility index (Phi) is 3.19. The number of aryl methyl sites for hydroxylation is 2. The maximum Gasteiger partial charge on any atom is 0.345 e. The standard InChI is InChI=1S/C14H13NO2/c1-10-6-3-4-8-12(10)14(16)17-13-9-5-7-11(2)15-13/h3-9H,1-2H3. The van der Waals surface area contributed by atoms with Gasteiger partial charge < -0.3 is 4.74 Å². The number of nitrogens with zero attached hydrogens (tertiary/aromatic N) is 1. The van der Waals surface area contributed by atoms with E-state index in [1.807, 2.05) is 44.2 Å². The number of hydrogen-bond acceptors (Lipinski definition) is 3. The number of rotatable bonds is 2. The van der Waals surface area contributed by atoms with Gasteiger partial charge in [-0.2, -0.15) is 0 Å². The fourth-order valence-corrected chi connectivity index (χ4v) is 1.53. The molecule has 0 saturated heterocycles. The number of carbonyl (C=O) groups is 1. The number of esters is 1. The van der Waals surface area contributed by atoms with Crippen LogP contribution in [0.4, 0.5) is 0 Å². The van der Waals surface area contributed by atoms with Gasteiger partial charge in [-0.3, -0.25) is 0 Å². The molecule has 3 heteroatoms. The molecular weight excluding hydrogens is 214 g/mol. The van der Waals surface area contributed by atoms with Crippen molar-refractivity contribution in [2.45, 2.75) is 13.8 Å². The first-order valence-corrected chi connectivity index (χ1v) is 5.38. The average molecular weight is 227 g/mol. The van der Waals surface area contributed by atoms with Gasteiger partial charge in [-0.25, -0.2) is 9.78 Å². The van der Waals surface area contributed by atoms with E-state index in [9.17, 15) is 4.79 Å². The summed E-state index contributed by atoms with van der Waals surface area (Å²) >= 11 is 0. The monoisotopic (exact) mass is 227 g/mol. The summed E-state index contributed by atoms with van der Waals surface area (Å²) in [7, 11) is 0. The van der Waals surface area contributed by atoms with Crippen molar-refractivity contribution in [2.75, 3.05) is 0 Å². The molecule has 0 radical (unpaired) electrons. The number of benzene rings is 1. The van der Waals surface area contributed by atoms with Crippen LogP contribution in [0.25, 0.3) is 0 Å². The molecular formula is C14H13NO2. The van der Waals surface area contributed by atoms with Gasteiger partial charge in [-0.1, -0.05) is 24.3 Å². The van der Waals surface area contributed by atoms with Crippen molar-refractivity contribution < 1.29 is 9.53 Å². The molecule has 0 N–H and O–H groups in total. The van der Waals surface area contributed by atoms with Crippen molar-refractivity contribution in [3.8, 4) is 5.88 Å². The van der Waals surface area contributed by atoms with Crippen LogP contribution >= 0.6 is 0 Å². The third kappa shape index (κ3) is 2.69. The molecule has 2 rings (SSSR count). The van der Waals surface area contributed by atoms with Gasteiger partial charge in [0.1, 0.15) is 0 Å². The molecule has 0 spiro atoms. The van der Waals surface area contributed by atoms with Gasteiger partial charge in [0.05, 0.1) is 5.56 Å². The molecule has 0 atom stereocenters. The number of pyridine rings is 1. The maximum absolute atomic E-state index is 11.9. The lowest BCUT2D eigenvalue weighted by atomic mass is 10.1. The quantitative estimate of drug-likeness (QED) is 0.740. The van der Waals surface area contributed by atoms with E-state index < -0.39 is 0 Å². The van der Waals surface area contributed by atoms with Crippen LogP contribution in [0.1, 0.15) is 21.6 Å². The predicted octanol–water partition coefficient (Wildman–Crippen LogP) is 2.92. The zero-order valence-electron chi connectivity index (χ0n) is 9.81. The largest absolute Gasteiger partial charge is 0.404 e. The first kappa shape index (κ1) is 11.3. The Balaban J connectivity index is 2.20. The molecule has 0 aliphatic carbocycles. The Hall–Kier alpha value is -2.16. The van der Waals surface area contributed by atoms with E-state index in [1.54, 1.807) is 12.1 Å². The van der Waals surface area contributed by atoms with Crippen LogP contribution in [0, 0.1) is 13.8 Å². The highest BCUT2D eigenvalue weighted by atomic mass is 16.5. The molecule has 0 unspecified atom stereocenters. The minimum Gasteiger partial charge on any atom is -0.404 e. The fraction of sp³-hybridized carbons (Fsp3) is 0.143. The summed E-state index contributed by atoms with van der Waals surface area (Å²) in [5, 5.41) is 0. The van der Waals surface area contributed by atoms with E-state index >= 15 is 0 Å². The van der Waals surface area contributed by atoms with E-state index in [-0.39, 0.29) is 5.97 Å². The highest BCUT2D eigenvalue weighted by molar-refractivity contribution is 5.92. The summed E-state index contributed by atoms with van der Waals surface area (Å²) < 4.78 is 5.21. The molecule has 0 fully saturated rings. The zero-order chi connectivity index (χ0) is 12.3. The van der Waals surface area contributed by atoms with E-state index in [1.165, 1.54) is 0 Å². The Bertz CT molecular complexity index is 549. The van der Waals surface area contributed by atoms with Crippen LogP contribution < -0.4 is 4.74 Å². The van der Waals surface area contributed by atoms with Gasteiger partial charge in [0.25, 0.3) is 0 Å². The first-order chi connectivity index (χ1) is 8.16. The van der Waals surface area contributed by atoms with Gasteiger partial charge >= 0.3 is 5.97 Å². The van der Waals surface area contributed by atoms with Gasteiger partial charge in [-0.15, -0.1) is 0 Å². The van der Waals surface area contributed by atoms with Crippen molar-refractivity contribution in [3.05, 3.63) is 59.3 Å². The summed E-state index contributed by atoms with van der Waals surface area (Å²) in [6.45, 7) is 3.73. The second-order valence-electron chi connectivity index (χ2n) is 3.82. The van der Waals surface area contributed by atoms with E-state index in [4.69, 9.17) is 4.74 Å². The molecule has 0 bridgehead atoms. The van der Waals surface area contributed by atoms with Crippen LogP contribution in [0.5, 0.6) is 5.88 Å². The highest BCUT2D eigenvalue weighted by Crippen LogP contribution is 2.12. The molecule has 1 aromatic heterocycles. The second-order valence-corrected chi connectivity index (χ2v) is 3.82. The molecule has 2 aromatic rings. The summed E-state index contributed by atoms with van der Waals surface area (Å²) in [5.74, 6) is -0.0422. The van der Waals surface area contributed by atoms with E-state index in [0.29, 0.717) is 11.4 Å². The Morgan fingerprint density at radius 2 is 1.82 bits per heavy atom. The summed E-state index contributed by atoms with van der Waals surface area (Å²) in [5.41, 5.74) is 2.28. The lowest BCUT2D eigenvalue weighted by Gasteiger charge is -2.05. The molecule has 86 valence electrons. The van der Waals surface area contributed by atoms with E-state index in [2.05, 4.69) is 4.98 Å². The van der Waals surface area contributed by atoms with Crippen molar-refractivity contribution in [3.63, 3.8) is 0 Å². The highest BCUT2D eigenvalue weighted by Gasteiger charge is 2.11.